The lowest BCUT2D eigenvalue weighted by molar-refractivity contribution is -0.113. The van der Waals surface area contributed by atoms with Crippen LogP contribution in [0.4, 0.5) is 0 Å². The summed E-state index contributed by atoms with van der Waals surface area (Å²) in [6.45, 7) is 11.4. The molecule has 0 rings (SSSR count). The predicted octanol–water partition coefficient (Wildman–Crippen LogP) is 2.38. The molecule has 0 unspecified atom stereocenters. The molecule has 0 heterocycles. The first-order valence-electron chi connectivity index (χ1n) is 4.37. The highest BCUT2D eigenvalue weighted by Crippen LogP contribution is 2.12. The van der Waals surface area contributed by atoms with Crippen LogP contribution < -0.4 is 0 Å². The molecular weight excluding hydrogens is 162 g/mol. The number of hydrogen-bond acceptors (Lipinski definition) is 2. The number of hydrogen-bond donors (Lipinski definition) is 0. The van der Waals surface area contributed by atoms with Gasteiger partial charge in [-0.05, 0) is 27.7 Å². The number of nitrogens with zero attached hydrogens (tertiary/aromatic N) is 1. The molecule has 2 heteroatoms. The number of Topliss-reactive ketones (excluding diaryl/α,β-unsaturated/α-hetero) is 1. The van der Waals surface area contributed by atoms with Crippen molar-refractivity contribution in [2.24, 2.45) is 0 Å². The van der Waals surface area contributed by atoms with Gasteiger partial charge in [0.1, 0.15) is 0 Å². The van der Waals surface area contributed by atoms with Crippen molar-refractivity contribution in [3.8, 4) is 0 Å². The van der Waals surface area contributed by atoms with E-state index in [0.29, 0.717) is 5.57 Å². The number of carbonyl (C=O) groups is 1. The Kier molecular flexibility index (Phi) is 3.92. The van der Waals surface area contributed by atoms with Gasteiger partial charge in [0.05, 0.1) is 0 Å². The Morgan fingerprint density at radius 3 is 2.08 bits per heavy atom. The highest BCUT2D eigenvalue weighted by molar-refractivity contribution is 5.95. The van der Waals surface area contributed by atoms with Gasteiger partial charge in [0.2, 0.25) is 0 Å². The third kappa shape index (κ3) is 3.92. The van der Waals surface area contributed by atoms with Crippen molar-refractivity contribution in [2.45, 2.75) is 33.2 Å². The van der Waals surface area contributed by atoms with Crippen molar-refractivity contribution in [1.82, 2.24) is 4.90 Å². The molecule has 0 saturated carbocycles. The summed E-state index contributed by atoms with van der Waals surface area (Å²) >= 11 is 0. The van der Waals surface area contributed by atoms with Gasteiger partial charge in [-0.15, -0.1) is 0 Å². The molecule has 0 N–H and O–H groups in total. The van der Waals surface area contributed by atoms with E-state index >= 15 is 0 Å². The van der Waals surface area contributed by atoms with Gasteiger partial charge < -0.3 is 4.90 Å². The monoisotopic (exact) mass is 181 g/mol. The van der Waals surface area contributed by atoms with Crippen molar-refractivity contribution < 1.29 is 4.79 Å². The fourth-order valence-electron chi connectivity index (χ4n) is 0.690. The summed E-state index contributed by atoms with van der Waals surface area (Å²) in [5, 5.41) is 0. The minimum Gasteiger partial charge on any atom is -0.375 e. The smallest absolute Gasteiger partial charge is 0.161 e. The van der Waals surface area contributed by atoms with Crippen LogP contribution in [0, 0.1) is 0 Å². The molecule has 0 aliphatic heterocycles. The minimum atomic E-state index is 0.0315. The number of carbonyl (C=O) groups excluding carboxylic acids is 1. The van der Waals surface area contributed by atoms with Gasteiger partial charge in [-0.25, -0.2) is 0 Å². The van der Waals surface area contributed by atoms with Gasteiger partial charge in [0.15, 0.2) is 5.78 Å². The lowest BCUT2D eigenvalue weighted by Crippen LogP contribution is -2.34. The van der Waals surface area contributed by atoms with Crippen molar-refractivity contribution in [3.05, 3.63) is 24.4 Å². The van der Waals surface area contributed by atoms with E-state index in [9.17, 15) is 4.79 Å². The van der Waals surface area contributed by atoms with Crippen LogP contribution in [0.15, 0.2) is 24.4 Å². The zero-order chi connectivity index (χ0) is 10.6. The quantitative estimate of drug-likeness (QED) is 0.492. The van der Waals surface area contributed by atoms with Gasteiger partial charge in [-0.2, -0.15) is 0 Å². The third-order valence-corrected chi connectivity index (χ3v) is 2.02. The molecule has 0 aliphatic carbocycles. The second-order valence-corrected chi connectivity index (χ2v) is 4.13. The lowest BCUT2D eigenvalue weighted by Gasteiger charge is -2.31. The maximum Gasteiger partial charge on any atom is 0.161 e. The van der Waals surface area contributed by atoms with Gasteiger partial charge in [-0.1, -0.05) is 12.7 Å². The van der Waals surface area contributed by atoms with E-state index in [4.69, 9.17) is 0 Å². The normalized spacial score (nSPS) is 12.5. The number of rotatable bonds is 3. The average molecular weight is 181 g/mol. The van der Waals surface area contributed by atoms with Gasteiger partial charge in [0.25, 0.3) is 0 Å². The van der Waals surface area contributed by atoms with E-state index in [1.54, 1.807) is 13.0 Å². The molecule has 0 aliphatic rings. The van der Waals surface area contributed by atoms with E-state index < -0.39 is 0 Å². The van der Waals surface area contributed by atoms with Gasteiger partial charge >= 0.3 is 0 Å². The summed E-state index contributed by atoms with van der Waals surface area (Å²) < 4.78 is 0. The maximum atomic E-state index is 11.1. The van der Waals surface area contributed by atoms with E-state index in [0.717, 1.165) is 0 Å². The first-order chi connectivity index (χ1) is 5.79. The predicted molar refractivity (Wildman–Crippen MR) is 56.5 cm³/mol. The largest absolute Gasteiger partial charge is 0.375 e. The molecule has 0 spiro atoms. The first-order valence-corrected chi connectivity index (χ1v) is 4.37. The SMILES string of the molecule is C=C/C(=C\N(C)C(C)(C)C)C(C)=O. The van der Waals surface area contributed by atoms with Gasteiger partial charge in [-0.3, -0.25) is 4.79 Å². The zero-order valence-corrected chi connectivity index (χ0v) is 9.22. The summed E-state index contributed by atoms with van der Waals surface area (Å²) in [6.07, 6.45) is 3.42. The molecule has 0 amide bonds. The van der Waals surface area contributed by atoms with Gasteiger partial charge in [0, 0.05) is 24.4 Å². The minimum absolute atomic E-state index is 0.0315. The Labute approximate surface area is 80.9 Å². The molecule has 0 bridgehead atoms. The summed E-state index contributed by atoms with van der Waals surface area (Å²) in [5.41, 5.74) is 0.682. The van der Waals surface area contributed by atoms with Crippen LogP contribution in [0.5, 0.6) is 0 Å². The first kappa shape index (κ1) is 11.9. The Morgan fingerprint density at radius 2 is 1.85 bits per heavy atom. The summed E-state index contributed by atoms with van der Waals surface area (Å²) in [5.74, 6) is 0.0473. The fraction of sp³-hybridized carbons (Fsp3) is 0.545. The van der Waals surface area contributed by atoms with Crippen LogP contribution in [0.25, 0.3) is 0 Å². The highest BCUT2D eigenvalue weighted by Gasteiger charge is 2.14. The van der Waals surface area contributed by atoms with E-state index in [1.807, 2.05) is 18.1 Å². The Balaban J connectivity index is 4.71. The van der Waals surface area contributed by atoms with Crippen LogP contribution in [-0.2, 0) is 4.79 Å². The fourth-order valence-corrected chi connectivity index (χ4v) is 0.690. The number of allylic oxidation sites excluding steroid dienone is 2. The second kappa shape index (κ2) is 4.26. The van der Waals surface area contributed by atoms with Crippen LogP contribution in [0.2, 0.25) is 0 Å². The molecule has 0 radical (unpaired) electrons. The molecule has 13 heavy (non-hydrogen) atoms. The zero-order valence-electron chi connectivity index (χ0n) is 9.22. The maximum absolute atomic E-state index is 11.1. The summed E-state index contributed by atoms with van der Waals surface area (Å²) in [4.78, 5) is 13.1. The molecular formula is C11H19NO. The molecule has 0 saturated heterocycles. The van der Waals surface area contributed by atoms with Crippen LogP contribution in [-0.4, -0.2) is 23.3 Å². The molecule has 2 nitrogen and oxygen atoms in total. The van der Waals surface area contributed by atoms with Crippen LogP contribution in [0.3, 0.4) is 0 Å². The second-order valence-electron chi connectivity index (χ2n) is 4.13. The van der Waals surface area contributed by atoms with Crippen molar-refractivity contribution in [1.29, 1.82) is 0 Å². The summed E-state index contributed by atoms with van der Waals surface area (Å²) in [7, 11) is 1.95. The Morgan fingerprint density at radius 1 is 1.38 bits per heavy atom. The average Bonchev–Trinajstić information content (AvgIpc) is 1.96. The van der Waals surface area contributed by atoms with Crippen LogP contribution in [0.1, 0.15) is 27.7 Å². The molecule has 0 atom stereocenters. The third-order valence-electron chi connectivity index (χ3n) is 2.02. The Hall–Kier alpha value is -1.05. The summed E-state index contributed by atoms with van der Waals surface area (Å²) in [6, 6.07) is 0. The molecule has 0 aromatic heterocycles. The highest BCUT2D eigenvalue weighted by atomic mass is 16.1. The Bertz CT molecular complexity index is 233. The number of ketones is 1. The lowest BCUT2D eigenvalue weighted by atomic mass is 10.1. The topological polar surface area (TPSA) is 20.3 Å². The van der Waals surface area contributed by atoms with Crippen molar-refractivity contribution in [2.75, 3.05) is 7.05 Å². The van der Waals surface area contributed by atoms with Crippen molar-refractivity contribution in [3.63, 3.8) is 0 Å². The van der Waals surface area contributed by atoms with E-state index in [2.05, 4.69) is 27.4 Å². The molecule has 74 valence electrons. The molecule has 0 aromatic rings. The molecule has 0 aromatic carbocycles. The van der Waals surface area contributed by atoms with Crippen molar-refractivity contribution >= 4 is 5.78 Å². The molecule has 0 fully saturated rings. The van der Waals surface area contributed by atoms with E-state index in [1.165, 1.54) is 0 Å². The van der Waals surface area contributed by atoms with E-state index in [-0.39, 0.29) is 11.3 Å². The van der Waals surface area contributed by atoms with Crippen LogP contribution >= 0.6 is 0 Å². The standard InChI is InChI=1S/C11H19NO/c1-7-10(9(2)13)8-12(6)11(3,4)5/h7-8H,1H2,2-6H3/b10-8+.